The summed E-state index contributed by atoms with van der Waals surface area (Å²) in [6, 6.07) is 12.0. The third-order valence-electron chi connectivity index (χ3n) is 3.99. The van der Waals surface area contributed by atoms with Crippen LogP contribution in [0, 0.1) is 0 Å². The fourth-order valence-electron chi connectivity index (χ4n) is 2.35. The first kappa shape index (κ1) is 19.6. The van der Waals surface area contributed by atoms with Crippen LogP contribution in [0.25, 0.3) is 0 Å². The number of nitrogens with one attached hydrogen (secondary N) is 1. The van der Waals surface area contributed by atoms with Crippen molar-refractivity contribution >= 4 is 21.6 Å². The number of ether oxygens (including phenoxy) is 2. The molecule has 0 aliphatic heterocycles. The van der Waals surface area contributed by atoms with Crippen molar-refractivity contribution in [1.82, 2.24) is 4.72 Å². The first-order valence-corrected chi connectivity index (χ1v) is 9.53. The number of benzene rings is 2. The van der Waals surface area contributed by atoms with Gasteiger partial charge in [-0.25, -0.2) is 13.1 Å². The van der Waals surface area contributed by atoms with E-state index in [1.165, 1.54) is 20.3 Å². The van der Waals surface area contributed by atoms with E-state index in [9.17, 15) is 8.42 Å². The van der Waals surface area contributed by atoms with E-state index in [0.29, 0.717) is 10.8 Å². The molecular formula is C18H22ClNO4S. The van der Waals surface area contributed by atoms with E-state index in [4.69, 9.17) is 21.1 Å². The van der Waals surface area contributed by atoms with Gasteiger partial charge in [-0.05, 0) is 29.8 Å². The number of hydrogen-bond acceptors (Lipinski definition) is 4. The average Bonchev–Trinajstić information content (AvgIpc) is 2.60. The smallest absolute Gasteiger partial charge is 0.244 e. The molecule has 0 radical (unpaired) electrons. The molecule has 2 aromatic rings. The molecule has 0 saturated heterocycles. The van der Waals surface area contributed by atoms with Gasteiger partial charge in [0.25, 0.3) is 0 Å². The molecule has 25 heavy (non-hydrogen) atoms. The van der Waals surface area contributed by atoms with Crippen molar-refractivity contribution in [2.24, 2.45) is 0 Å². The quantitative estimate of drug-likeness (QED) is 0.793. The highest BCUT2D eigenvalue weighted by Crippen LogP contribution is 2.29. The van der Waals surface area contributed by atoms with Gasteiger partial charge in [0.1, 0.15) is 16.4 Å². The second kappa shape index (κ2) is 7.64. The lowest BCUT2D eigenvalue weighted by Gasteiger charge is -2.26. The number of halogens is 1. The highest BCUT2D eigenvalue weighted by Gasteiger charge is 2.26. The van der Waals surface area contributed by atoms with Crippen LogP contribution < -0.4 is 14.2 Å². The Morgan fingerprint density at radius 1 is 1.04 bits per heavy atom. The molecule has 0 fully saturated rings. The monoisotopic (exact) mass is 383 g/mol. The zero-order valence-electron chi connectivity index (χ0n) is 14.7. The molecule has 2 rings (SSSR count). The van der Waals surface area contributed by atoms with Gasteiger partial charge in [0.05, 0.1) is 14.2 Å². The van der Waals surface area contributed by atoms with E-state index >= 15 is 0 Å². The van der Waals surface area contributed by atoms with Crippen LogP contribution in [-0.2, 0) is 15.4 Å². The van der Waals surface area contributed by atoms with Crippen molar-refractivity contribution in [3.05, 3.63) is 53.1 Å². The molecule has 136 valence electrons. The molecule has 5 nitrogen and oxygen atoms in total. The fourth-order valence-corrected chi connectivity index (χ4v) is 3.84. The number of sulfonamides is 1. The van der Waals surface area contributed by atoms with Gasteiger partial charge in [-0.15, -0.1) is 0 Å². The molecule has 0 aliphatic carbocycles. The number of rotatable bonds is 7. The lowest BCUT2D eigenvalue weighted by atomic mass is 9.85. The van der Waals surface area contributed by atoms with Crippen LogP contribution in [0.5, 0.6) is 11.5 Å². The molecule has 0 aliphatic rings. The van der Waals surface area contributed by atoms with Gasteiger partial charge in [0.15, 0.2) is 0 Å². The van der Waals surface area contributed by atoms with Crippen LogP contribution in [0.1, 0.15) is 19.4 Å². The van der Waals surface area contributed by atoms with Crippen molar-refractivity contribution in [3.63, 3.8) is 0 Å². The van der Waals surface area contributed by atoms with Crippen LogP contribution >= 0.6 is 11.6 Å². The van der Waals surface area contributed by atoms with Gasteiger partial charge in [-0.1, -0.05) is 37.6 Å². The normalized spacial score (nSPS) is 12.0. The average molecular weight is 384 g/mol. The van der Waals surface area contributed by atoms with Crippen LogP contribution in [-0.4, -0.2) is 29.2 Å². The molecule has 0 unspecified atom stereocenters. The fraction of sp³-hybridized carbons (Fsp3) is 0.333. The zero-order chi connectivity index (χ0) is 18.7. The minimum atomic E-state index is -3.73. The van der Waals surface area contributed by atoms with E-state index < -0.39 is 15.4 Å². The second-order valence-corrected chi connectivity index (χ2v) is 8.40. The van der Waals surface area contributed by atoms with Gasteiger partial charge in [0, 0.05) is 23.0 Å². The maximum Gasteiger partial charge on any atom is 0.244 e. The first-order chi connectivity index (χ1) is 11.7. The van der Waals surface area contributed by atoms with Crippen LogP contribution in [0.15, 0.2) is 47.4 Å². The third kappa shape index (κ3) is 4.66. The summed E-state index contributed by atoms with van der Waals surface area (Å²) in [5, 5.41) is 0.642. The Hall–Kier alpha value is -1.76. The van der Waals surface area contributed by atoms with E-state index in [-0.39, 0.29) is 17.2 Å². The van der Waals surface area contributed by atoms with Crippen LogP contribution in [0.2, 0.25) is 5.02 Å². The SMILES string of the molecule is COc1ccc(S(=O)(=O)NCC(C)(C)c2ccc(Cl)cc2)c(OC)c1. The first-order valence-electron chi connectivity index (χ1n) is 7.67. The highest BCUT2D eigenvalue weighted by molar-refractivity contribution is 7.89. The van der Waals surface area contributed by atoms with Crippen LogP contribution in [0.3, 0.4) is 0 Å². The Kier molecular flexibility index (Phi) is 5.98. The maximum atomic E-state index is 12.7. The van der Waals surface area contributed by atoms with Crippen molar-refractivity contribution in [1.29, 1.82) is 0 Å². The lowest BCUT2D eigenvalue weighted by Crippen LogP contribution is -2.36. The summed E-state index contributed by atoms with van der Waals surface area (Å²) in [6.45, 7) is 4.15. The molecule has 0 aromatic heterocycles. The molecule has 7 heteroatoms. The van der Waals surface area contributed by atoms with E-state index in [1.54, 1.807) is 24.3 Å². The molecule has 0 bridgehead atoms. The van der Waals surface area contributed by atoms with Crippen molar-refractivity contribution < 1.29 is 17.9 Å². The third-order valence-corrected chi connectivity index (χ3v) is 5.68. The summed E-state index contributed by atoms with van der Waals surface area (Å²) in [4.78, 5) is 0.0720. The number of methoxy groups -OCH3 is 2. The highest BCUT2D eigenvalue weighted by atomic mass is 35.5. The molecule has 0 spiro atoms. The molecular weight excluding hydrogens is 362 g/mol. The molecule has 2 aromatic carbocycles. The number of hydrogen-bond donors (Lipinski definition) is 1. The summed E-state index contributed by atoms with van der Waals surface area (Å²) in [6.07, 6.45) is 0. The van der Waals surface area contributed by atoms with Gasteiger partial charge in [0.2, 0.25) is 10.0 Å². The van der Waals surface area contributed by atoms with E-state index in [2.05, 4.69) is 4.72 Å². The zero-order valence-corrected chi connectivity index (χ0v) is 16.2. The minimum Gasteiger partial charge on any atom is -0.497 e. The predicted molar refractivity (Wildman–Crippen MR) is 99.2 cm³/mol. The van der Waals surface area contributed by atoms with E-state index in [0.717, 1.165) is 5.56 Å². The Bertz CT molecular complexity index is 833. The maximum absolute atomic E-state index is 12.7. The molecule has 0 atom stereocenters. The standard InChI is InChI=1S/C18H22ClNO4S/c1-18(2,13-5-7-14(19)8-6-13)12-20-25(21,22)17-10-9-15(23-3)11-16(17)24-4/h5-11,20H,12H2,1-4H3. The molecule has 1 N–H and O–H groups in total. The van der Waals surface area contributed by atoms with Crippen LogP contribution in [0.4, 0.5) is 0 Å². The second-order valence-electron chi connectivity index (χ2n) is 6.23. The molecule has 0 saturated carbocycles. The van der Waals surface area contributed by atoms with Crippen molar-refractivity contribution in [3.8, 4) is 11.5 Å². The predicted octanol–water partition coefficient (Wildman–Crippen LogP) is 3.61. The van der Waals surface area contributed by atoms with Gasteiger partial charge in [-0.2, -0.15) is 0 Å². The van der Waals surface area contributed by atoms with Crippen molar-refractivity contribution in [2.75, 3.05) is 20.8 Å². The summed E-state index contributed by atoms with van der Waals surface area (Å²) >= 11 is 5.91. The molecule has 0 amide bonds. The molecule has 0 heterocycles. The van der Waals surface area contributed by atoms with Gasteiger partial charge in [-0.3, -0.25) is 0 Å². The van der Waals surface area contributed by atoms with Gasteiger partial charge >= 0.3 is 0 Å². The van der Waals surface area contributed by atoms with Crippen molar-refractivity contribution in [2.45, 2.75) is 24.2 Å². The Labute approximate surface area is 154 Å². The topological polar surface area (TPSA) is 64.6 Å². The van der Waals surface area contributed by atoms with Gasteiger partial charge < -0.3 is 9.47 Å². The Balaban J connectivity index is 2.22. The Morgan fingerprint density at radius 2 is 1.68 bits per heavy atom. The van der Waals surface area contributed by atoms with E-state index in [1.807, 2.05) is 26.0 Å². The lowest BCUT2D eigenvalue weighted by molar-refractivity contribution is 0.385. The Morgan fingerprint density at radius 3 is 2.24 bits per heavy atom. The summed E-state index contributed by atoms with van der Waals surface area (Å²) in [7, 11) is -0.802. The summed E-state index contributed by atoms with van der Waals surface area (Å²) in [5.41, 5.74) is 0.582. The minimum absolute atomic E-state index is 0.0720. The summed E-state index contributed by atoms with van der Waals surface area (Å²) < 4.78 is 38.3. The summed E-state index contributed by atoms with van der Waals surface area (Å²) in [5.74, 6) is 0.758. The largest absolute Gasteiger partial charge is 0.497 e.